The van der Waals surface area contributed by atoms with Gasteiger partial charge in [0.15, 0.2) is 0 Å². The van der Waals surface area contributed by atoms with Gasteiger partial charge in [-0.3, -0.25) is 4.79 Å². The SMILES string of the molecule is C[C@]1(CO)[C@H]2Cc3sc(-c4ccsc4)nc3[C@@H](CC(=O)N3CCOCC3)[C@]2(C)CC[C@H]1O. The Balaban J connectivity index is 1.56. The summed E-state index contributed by atoms with van der Waals surface area (Å²) in [6.07, 6.45) is 2.16. The maximum absolute atomic E-state index is 13.4. The quantitative estimate of drug-likeness (QED) is 0.705. The van der Waals surface area contributed by atoms with Gasteiger partial charge < -0.3 is 19.8 Å². The Hall–Kier alpha value is -1.32. The molecule has 2 N–H and O–H groups in total. The predicted molar refractivity (Wildman–Crippen MR) is 126 cm³/mol. The van der Waals surface area contributed by atoms with Crippen molar-refractivity contribution in [2.45, 2.75) is 51.6 Å². The van der Waals surface area contributed by atoms with Crippen LogP contribution >= 0.6 is 22.7 Å². The number of nitrogens with zero attached hydrogens (tertiary/aromatic N) is 2. The van der Waals surface area contributed by atoms with Crippen molar-refractivity contribution in [3.8, 4) is 10.6 Å². The highest BCUT2D eigenvalue weighted by Crippen LogP contribution is 2.63. The van der Waals surface area contributed by atoms with E-state index in [0.29, 0.717) is 39.1 Å². The zero-order valence-electron chi connectivity index (χ0n) is 18.7. The minimum atomic E-state index is -0.586. The average Bonchev–Trinajstić information content (AvgIpc) is 3.48. The monoisotopic (exact) mass is 476 g/mol. The van der Waals surface area contributed by atoms with Crippen LogP contribution in [0.3, 0.4) is 0 Å². The molecule has 5 atom stereocenters. The van der Waals surface area contributed by atoms with E-state index in [1.54, 1.807) is 22.7 Å². The molecule has 32 heavy (non-hydrogen) atoms. The molecule has 8 heteroatoms. The van der Waals surface area contributed by atoms with E-state index < -0.39 is 11.5 Å². The lowest BCUT2D eigenvalue weighted by Crippen LogP contribution is -2.58. The fourth-order valence-electron chi connectivity index (χ4n) is 6.27. The van der Waals surface area contributed by atoms with E-state index in [1.165, 1.54) is 4.88 Å². The second kappa shape index (κ2) is 8.47. The summed E-state index contributed by atoms with van der Waals surface area (Å²) in [5, 5.41) is 26.5. The van der Waals surface area contributed by atoms with Gasteiger partial charge in [0.05, 0.1) is 31.6 Å². The molecule has 174 valence electrons. The molecule has 3 heterocycles. The minimum Gasteiger partial charge on any atom is -0.396 e. The molecule has 5 rings (SSSR count). The summed E-state index contributed by atoms with van der Waals surface area (Å²) in [5.41, 5.74) is 1.40. The van der Waals surface area contributed by atoms with Crippen LogP contribution in [0.5, 0.6) is 0 Å². The van der Waals surface area contributed by atoms with Crippen molar-refractivity contribution >= 4 is 28.6 Å². The van der Waals surface area contributed by atoms with E-state index in [1.807, 2.05) is 11.8 Å². The normalized spacial score (nSPS) is 34.8. The number of carbonyl (C=O) groups excluding carboxylic acids is 1. The highest BCUT2D eigenvalue weighted by atomic mass is 32.1. The number of aliphatic hydroxyl groups excluding tert-OH is 2. The smallest absolute Gasteiger partial charge is 0.223 e. The molecule has 1 aliphatic heterocycles. The summed E-state index contributed by atoms with van der Waals surface area (Å²) in [4.78, 5) is 21.6. The van der Waals surface area contributed by atoms with Crippen LogP contribution < -0.4 is 0 Å². The van der Waals surface area contributed by atoms with Crippen molar-refractivity contribution in [3.05, 3.63) is 27.4 Å². The van der Waals surface area contributed by atoms with E-state index in [9.17, 15) is 15.0 Å². The maximum Gasteiger partial charge on any atom is 0.223 e. The molecule has 0 aromatic carbocycles. The van der Waals surface area contributed by atoms with E-state index >= 15 is 0 Å². The largest absolute Gasteiger partial charge is 0.396 e. The van der Waals surface area contributed by atoms with Crippen LogP contribution in [0.1, 0.15) is 49.6 Å². The number of fused-ring (bicyclic) bond motifs is 2. The third-order valence-corrected chi connectivity index (χ3v) is 10.2. The summed E-state index contributed by atoms with van der Waals surface area (Å²) >= 11 is 3.38. The second-order valence-electron chi connectivity index (χ2n) is 10.1. The van der Waals surface area contributed by atoms with Gasteiger partial charge in [-0.2, -0.15) is 11.3 Å². The van der Waals surface area contributed by atoms with Gasteiger partial charge in [-0.25, -0.2) is 4.98 Å². The summed E-state index contributed by atoms with van der Waals surface area (Å²) in [7, 11) is 0. The van der Waals surface area contributed by atoms with E-state index in [-0.39, 0.29) is 29.8 Å². The van der Waals surface area contributed by atoms with Crippen molar-refractivity contribution in [1.29, 1.82) is 0 Å². The van der Waals surface area contributed by atoms with Gasteiger partial charge in [0.1, 0.15) is 5.01 Å². The highest BCUT2D eigenvalue weighted by Gasteiger charge is 2.59. The van der Waals surface area contributed by atoms with Gasteiger partial charge in [-0.05, 0) is 42.0 Å². The van der Waals surface area contributed by atoms with Gasteiger partial charge in [0.2, 0.25) is 5.91 Å². The Labute approximate surface area is 197 Å². The van der Waals surface area contributed by atoms with Crippen LogP contribution in [-0.4, -0.2) is 65.0 Å². The first-order valence-corrected chi connectivity index (χ1v) is 13.3. The van der Waals surface area contributed by atoms with Gasteiger partial charge in [-0.15, -0.1) is 11.3 Å². The molecular formula is C24H32N2O4S2. The minimum absolute atomic E-state index is 0.0198. The molecule has 2 aromatic rings. The molecule has 2 aromatic heterocycles. The Kier molecular flexibility index (Phi) is 5.95. The highest BCUT2D eigenvalue weighted by molar-refractivity contribution is 7.15. The van der Waals surface area contributed by atoms with Crippen molar-refractivity contribution < 1.29 is 19.7 Å². The summed E-state index contributed by atoms with van der Waals surface area (Å²) < 4.78 is 5.44. The van der Waals surface area contributed by atoms with Gasteiger partial charge in [0.25, 0.3) is 0 Å². The summed E-state index contributed by atoms with van der Waals surface area (Å²) in [6.45, 7) is 6.70. The number of rotatable bonds is 4. The fourth-order valence-corrected chi connectivity index (χ4v) is 8.15. The first kappa shape index (κ1) is 22.5. The number of morpholine rings is 1. The van der Waals surface area contributed by atoms with E-state index in [2.05, 4.69) is 23.8 Å². The van der Waals surface area contributed by atoms with Crippen molar-refractivity contribution in [2.75, 3.05) is 32.9 Å². The average molecular weight is 477 g/mol. The first-order chi connectivity index (χ1) is 15.4. The number of ether oxygens (including phenoxy) is 1. The zero-order chi connectivity index (χ0) is 22.5. The number of amides is 1. The third kappa shape index (κ3) is 3.55. The van der Waals surface area contributed by atoms with E-state index in [4.69, 9.17) is 9.72 Å². The molecule has 1 saturated heterocycles. The molecule has 1 amide bonds. The van der Waals surface area contributed by atoms with Crippen molar-refractivity contribution in [1.82, 2.24) is 9.88 Å². The lowest BCUT2D eigenvalue weighted by Gasteiger charge is -2.58. The number of carbonyl (C=O) groups is 1. The van der Waals surface area contributed by atoms with Gasteiger partial charge >= 0.3 is 0 Å². The van der Waals surface area contributed by atoms with Crippen LogP contribution in [-0.2, 0) is 16.0 Å². The Morgan fingerprint density at radius 1 is 1.34 bits per heavy atom. The number of hydrogen-bond donors (Lipinski definition) is 2. The molecule has 3 aliphatic rings. The molecule has 2 fully saturated rings. The standard InChI is InChI=1S/C24H32N2O4S2/c1-23-5-3-19(28)24(2,14-27)18(23)12-17-21(25-22(32-17)15-4-10-31-13-15)16(23)11-20(29)26-6-8-30-9-7-26/h4,10,13,16,18-19,27-28H,3,5-9,11-12,14H2,1-2H3/t16-,18+,19-,23+,24+/m1/s1. The molecule has 1 saturated carbocycles. The number of aliphatic hydroxyl groups is 2. The molecule has 6 nitrogen and oxygen atoms in total. The molecular weight excluding hydrogens is 444 g/mol. The maximum atomic E-state index is 13.4. The number of thiophene rings is 1. The lowest BCUT2D eigenvalue weighted by molar-refractivity contribution is -0.149. The fraction of sp³-hybridized carbons (Fsp3) is 0.667. The van der Waals surface area contributed by atoms with E-state index in [0.717, 1.165) is 29.1 Å². The first-order valence-electron chi connectivity index (χ1n) is 11.5. The Morgan fingerprint density at radius 2 is 2.12 bits per heavy atom. The Bertz CT molecular complexity index is 971. The number of hydrogen-bond acceptors (Lipinski definition) is 7. The molecule has 2 aliphatic carbocycles. The van der Waals surface area contributed by atoms with Crippen LogP contribution in [0, 0.1) is 16.7 Å². The van der Waals surface area contributed by atoms with Crippen LogP contribution in [0.15, 0.2) is 16.8 Å². The number of aromatic nitrogens is 1. The van der Waals surface area contributed by atoms with Crippen molar-refractivity contribution in [3.63, 3.8) is 0 Å². The van der Waals surface area contributed by atoms with Gasteiger partial charge in [0, 0.05) is 46.7 Å². The Morgan fingerprint density at radius 3 is 2.81 bits per heavy atom. The predicted octanol–water partition coefficient (Wildman–Crippen LogP) is 3.54. The molecule has 0 spiro atoms. The third-order valence-electron chi connectivity index (χ3n) is 8.40. The lowest BCUT2D eigenvalue weighted by atomic mass is 9.47. The summed E-state index contributed by atoms with van der Waals surface area (Å²) in [5.74, 6) is 0.233. The summed E-state index contributed by atoms with van der Waals surface area (Å²) in [6, 6.07) is 2.10. The van der Waals surface area contributed by atoms with Crippen LogP contribution in [0.25, 0.3) is 10.6 Å². The van der Waals surface area contributed by atoms with Crippen LogP contribution in [0.4, 0.5) is 0 Å². The molecule has 0 bridgehead atoms. The molecule has 0 radical (unpaired) electrons. The zero-order valence-corrected chi connectivity index (χ0v) is 20.4. The van der Waals surface area contributed by atoms with Gasteiger partial charge in [-0.1, -0.05) is 13.8 Å². The number of thiazole rings is 1. The molecule has 0 unspecified atom stereocenters. The van der Waals surface area contributed by atoms with Crippen LogP contribution in [0.2, 0.25) is 0 Å². The second-order valence-corrected chi connectivity index (χ2v) is 11.9. The topological polar surface area (TPSA) is 82.9 Å². The van der Waals surface area contributed by atoms with Crippen molar-refractivity contribution in [2.24, 2.45) is 16.7 Å².